The first-order valence-electron chi connectivity index (χ1n) is 10.3. The number of nitrogens with two attached hydrogens (primary N) is 1. The molecule has 0 spiro atoms. The number of aromatic nitrogens is 5. The fourth-order valence-corrected chi connectivity index (χ4v) is 4.54. The van der Waals surface area contributed by atoms with E-state index in [4.69, 9.17) is 10.5 Å². The zero-order chi connectivity index (χ0) is 21.5. The number of carbonyl (C=O) groups is 1. The predicted molar refractivity (Wildman–Crippen MR) is 114 cm³/mol. The third-order valence-corrected chi connectivity index (χ3v) is 6.62. The SMILES string of the molecule is Cn1ncc(NC(=O)c2csc(-c3cnn(C4CC4)c3)n2)c1C1CCC(N)C(F)CO1. The fourth-order valence-electron chi connectivity index (χ4n) is 3.76. The maximum Gasteiger partial charge on any atom is 0.275 e. The average Bonchev–Trinajstić information content (AvgIpc) is 3.18. The van der Waals surface area contributed by atoms with Crippen molar-refractivity contribution in [2.24, 2.45) is 12.8 Å². The first-order chi connectivity index (χ1) is 15.0. The van der Waals surface area contributed by atoms with Crippen molar-refractivity contribution in [1.82, 2.24) is 24.5 Å². The molecule has 1 aliphatic carbocycles. The van der Waals surface area contributed by atoms with Gasteiger partial charge in [-0.15, -0.1) is 11.3 Å². The van der Waals surface area contributed by atoms with Crippen LogP contribution in [-0.4, -0.2) is 49.3 Å². The van der Waals surface area contributed by atoms with Crippen molar-refractivity contribution < 1.29 is 13.9 Å². The highest BCUT2D eigenvalue weighted by Gasteiger charge is 2.30. The Morgan fingerprint density at radius 3 is 2.94 bits per heavy atom. The molecular formula is C20H24FN7O2S. The molecule has 11 heteroatoms. The molecule has 0 bridgehead atoms. The normalized spacial score (nSPS) is 24.2. The minimum atomic E-state index is -1.20. The van der Waals surface area contributed by atoms with Crippen molar-refractivity contribution in [2.45, 2.75) is 50.0 Å². The van der Waals surface area contributed by atoms with Crippen LogP contribution < -0.4 is 11.1 Å². The van der Waals surface area contributed by atoms with E-state index < -0.39 is 18.3 Å². The number of aryl methyl sites for hydroxylation is 1. The number of thiazole rings is 1. The quantitative estimate of drug-likeness (QED) is 0.624. The molecule has 0 aromatic carbocycles. The Morgan fingerprint density at radius 1 is 1.29 bits per heavy atom. The molecule has 1 saturated carbocycles. The summed E-state index contributed by atoms with van der Waals surface area (Å²) >= 11 is 1.40. The number of carbonyl (C=O) groups excluding carboxylic acids is 1. The van der Waals surface area contributed by atoms with Crippen LogP contribution in [0.2, 0.25) is 0 Å². The molecule has 9 nitrogen and oxygen atoms in total. The zero-order valence-corrected chi connectivity index (χ0v) is 17.9. The molecule has 3 aromatic rings. The molecule has 0 radical (unpaired) electrons. The van der Waals surface area contributed by atoms with Gasteiger partial charge >= 0.3 is 0 Å². The van der Waals surface area contributed by atoms with E-state index >= 15 is 0 Å². The van der Waals surface area contributed by atoms with Gasteiger partial charge in [0.05, 0.1) is 36.4 Å². The maximum atomic E-state index is 13.9. The summed E-state index contributed by atoms with van der Waals surface area (Å²) in [5, 5.41) is 14.0. The molecule has 5 rings (SSSR count). The predicted octanol–water partition coefficient (Wildman–Crippen LogP) is 2.84. The number of hydrogen-bond donors (Lipinski definition) is 2. The lowest BCUT2D eigenvalue weighted by atomic mass is 10.0. The second-order valence-electron chi connectivity index (χ2n) is 8.08. The Kier molecular flexibility index (Phi) is 5.32. The van der Waals surface area contributed by atoms with Crippen LogP contribution in [0.15, 0.2) is 24.0 Å². The summed E-state index contributed by atoms with van der Waals surface area (Å²) in [4.78, 5) is 17.3. The van der Waals surface area contributed by atoms with E-state index in [1.54, 1.807) is 29.5 Å². The monoisotopic (exact) mass is 445 g/mol. The number of nitrogens with zero attached hydrogens (tertiary/aromatic N) is 5. The topological polar surface area (TPSA) is 113 Å². The number of anilines is 1. The van der Waals surface area contributed by atoms with Crippen molar-refractivity contribution >= 4 is 22.9 Å². The molecule has 4 heterocycles. The molecule has 3 N–H and O–H groups in total. The van der Waals surface area contributed by atoms with Gasteiger partial charge in [0, 0.05) is 30.2 Å². The number of rotatable bonds is 5. The largest absolute Gasteiger partial charge is 0.369 e. The number of halogens is 1. The number of alkyl halides is 1. The Labute approximate surface area is 182 Å². The minimum Gasteiger partial charge on any atom is -0.369 e. The highest BCUT2D eigenvalue weighted by molar-refractivity contribution is 7.13. The number of hydrogen-bond acceptors (Lipinski definition) is 7. The summed E-state index contributed by atoms with van der Waals surface area (Å²) in [5.41, 5.74) is 8.28. The second-order valence-corrected chi connectivity index (χ2v) is 8.94. The molecule has 31 heavy (non-hydrogen) atoms. The molecule has 3 aromatic heterocycles. The van der Waals surface area contributed by atoms with Crippen LogP contribution in [0.1, 0.15) is 54.0 Å². The van der Waals surface area contributed by atoms with E-state index in [1.807, 2.05) is 10.9 Å². The van der Waals surface area contributed by atoms with Crippen LogP contribution in [-0.2, 0) is 11.8 Å². The molecule has 2 aliphatic rings. The second kappa shape index (κ2) is 8.13. The molecule has 2 fully saturated rings. The van der Waals surface area contributed by atoms with Gasteiger partial charge in [-0.25, -0.2) is 9.37 Å². The van der Waals surface area contributed by atoms with Gasteiger partial charge in [-0.3, -0.25) is 14.2 Å². The summed E-state index contributed by atoms with van der Waals surface area (Å²) in [7, 11) is 1.77. The van der Waals surface area contributed by atoms with Crippen molar-refractivity contribution in [3.05, 3.63) is 35.4 Å². The van der Waals surface area contributed by atoms with Gasteiger partial charge in [0.15, 0.2) is 0 Å². The Hall–Kier alpha value is -2.63. The van der Waals surface area contributed by atoms with E-state index in [0.29, 0.717) is 36.0 Å². The van der Waals surface area contributed by atoms with Crippen molar-refractivity contribution in [3.63, 3.8) is 0 Å². The zero-order valence-electron chi connectivity index (χ0n) is 17.1. The van der Waals surface area contributed by atoms with Gasteiger partial charge in [-0.05, 0) is 25.7 Å². The first kappa shape index (κ1) is 20.3. The molecule has 3 unspecified atom stereocenters. The smallest absolute Gasteiger partial charge is 0.275 e. The Balaban J connectivity index is 1.31. The van der Waals surface area contributed by atoms with Crippen molar-refractivity contribution in [1.29, 1.82) is 0 Å². The summed E-state index contributed by atoms with van der Waals surface area (Å²) in [6.07, 6.45) is 7.09. The number of ether oxygens (including phenoxy) is 1. The van der Waals surface area contributed by atoms with Crippen LogP contribution in [0, 0.1) is 0 Å². The van der Waals surface area contributed by atoms with Crippen LogP contribution in [0.25, 0.3) is 10.6 Å². The van der Waals surface area contributed by atoms with Gasteiger partial charge in [0.2, 0.25) is 0 Å². The lowest BCUT2D eigenvalue weighted by Crippen LogP contribution is -2.32. The fraction of sp³-hybridized carbons (Fsp3) is 0.500. The van der Waals surface area contributed by atoms with Crippen LogP contribution in [0.4, 0.5) is 10.1 Å². The third kappa shape index (κ3) is 4.12. The molecule has 164 valence electrons. The van der Waals surface area contributed by atoms with Gasteiger partial charge < -0.3 is 15.8 Å². The number of nitrogens with one attached hydrogen (secondary N) is 1. The van der Waals surface area contributed by atoms with Crippen molar-refractivity contribution in [2.75, 3.05) is 11.9 Å². The van der Waals surface area contributed by atoms with Crippen LogP contribution >= 0.6 is 11.3 Å². The summed E-state index contributed by atoms with van der Waals surface area (Å²) in [6, 6.07) is -0.0529. The standard InChI is InChI=1S/C20H24FN7O2S/c1-27-18(17-5-4-14(22)13(21)9-30-17)15(7-23-27)25-19(29)16-10-31-20(26-16)11-6-24-28(8-11)12-2-3-12/h6-8,10,12-14,17H,2-5,9,22H2,1H3,(H,25,29). The highest BCUT2D eigenvalue weighted by Crippen LogP contribution is 2.36. The van der Waals surface area contributed by atoms with Gasteiger partial charge in [-0.2, -0.15) is 10.2 Å². The summed E-state index contributed by atoms with van der Waals surface area (Å²) in [5.74, 6) is -0.333. The van der Waals surface area contributed by atoms with Crippen LogP contribution in [0.5, 0.6) is 0 Å². The van der Waals surface area contributed by atoms with E-state index in [2.05, 4.69) is 20.5 Å². The maximum absolute atomic E-state index is 13.9. The van der Waals surface area contributed by atoms with E-state index in [1.165, 1.54) is 11.3 Å². The van der Waals surface area contributed by atoms with Crippen LogP contribution in [0.3, 0.4) is 0 Å². The van der Waals surface area contributed by atoms with Gasteiger partial charge in [-0.1, -0.05) is 0 Å². The molecule has 1 amide bonds. The first-order valence-corrected chi connectivity index (χ1v) is 11.2. The molecule has 1 saturated heterocycles. The van der Waals surface area contributed by atoms with Gasteiger partial charge in [0.1, 0.15) is 23.0 Å². The number of amides is 1. The highest BCUT2D eigenvalue weighted by atomic mass is 32.1. The molecule has 1 aliphatic heterocycles. The van der Waals surface area contributed by atoms with E-state index in [9.17, 15) is 9.18 Å². The minimum absolute atomic E-state index is 0.0750. The third-order valence-electron chi connectivity index (χ3n) is 5.73. The van der Waals surface area contributed by atoms with E-state index in [-0.39, 0.29) is 12.5 Å². The van der Waals surface area contributed by atoms with Crippen molar-refractivity contribution in [3.8, 4) is 10.6 Å². The molecule has 3 atom stereocenters. The van der Waals surface area contributed by atoms with Gasteiger partial charge in [0.25, 0.3) is 5.91 Å². The average molecular weight is 446 g/mol. The van der Waals surface area contributed by atoms with E-state index in [0.717, 1.165) is 23.4 Å². The lowest BCUT2D eigenvalue weighted by Gasteiger charge is -2.17. The Bertz CT molecular complexity index is 1080. The summed E-state index contributed by atoms with van der Waals surface area (Å²) < 4.78 is 23.3. The lowest BCUT2D eigenvalue weighted by molar-refractivity contribution is 0.0247. The summed E-state index contributed by atoms with van der Waals surface area (Å²) in [6.45, 7) is -0.0750. The molecular weight excluding hydrogens is 421 g/mol. The Morgan fingerprint density at radius 2 is 2.13 bits per heavy atom.